The molecule has 0 spiro atoms. The molecule has 6 heteroatoms. The molecule has 2 unspecified atom stereocenters. The molecule has 0 bridgehead atoms. The van der Waals surface area contributed by atoms with Gasteiger partial charge in [0.25, 0.3) is 5.91 Å². The van der Waals surface area contributed by atoms with E-state index in [2.05, 4.69) is 5.32 Å². The molecule has 0 aromatic heterocycles. The van der Waals surface area contributed by atoms with Gasteiger partial charge in [0.05, 0.1) is 0 Å². The molecule has 1 aliphatic heterocycles. The predicted molar refractivity (Wildman–Crippen MR) is 85.8 cm³/mol. The van der Waals surface area contributed by atoms with Crippen LogP contribution >= 0.6 is 0 Å². The number of rotatable bonds is 4. The summed E-state index contributed by atoms with van der Waals surface area (Å²) in [6.45, 7) is 6.19. The molecule has 0 radical (unpaired) electrons. The van der Waals surface area contributed by atoms with Gasteiger partial charge >= 0.3 is 5.97 Å². The number of carbonyl (C=O) groups excluding carboxylic acids is 3. The molecule has 1 saturated heterocycles. The highest BCUT2D eigenvalue weighted by atomic mass is 16.6. The summed E-state index contributed by atoms with van der Waals surface area (Å²) in [6, 6.07) is 8.70. The third-order valence-electron chi connectivity index (χ3n) is 3.84. The summed E-state index contributed by atoms with van der Waals surface area (Å²) >= 11 is 0. The van der Waals surface area contributed by atoms with Gasteiger partial charge in [-0.1, -0.05) is 18.2 Å². The maximum Gasteiger partial charge on any atom is 0.303 e. The molecule has 23 heavy (non-hydrogen) atoms. The number of nitrogens with zero attached hydrogens (tertiary/aromatic N) is 1. The molecule has 1 aromatic rings. The molecule has 2 atom stereocenters. The largest absolute Gasteiger partial charge is 0.450 e. The van der Waals surface area contributed by atoms with Crippen molar-refractivity contribution in [2.45, 2.75) is 51.8 Å². The van der Waals surface area contributed by atoms with Crippen LogP contribution in [-0.2, 0) is 19.1 Å². The van der Waals surface area contributed by atoms with Crippen LogP contribution < -0.4 is 10.2 Å². The van der Waals surface area contributed by atoms with Gasteiger partial charge in [-0.2, -0.15) is 0 Å². The quantitative estimate of drug-likeness (QED) is 0.856. The van der Waals surface area contributed by atoms with E-state index >= 15 is 0 Å². The molecule has 1 aliphatic rings. The molecule has 2 rings (SSSR count). The highest BCUT2D eigenvalue weighted by molar-refractivity contribution is 6.02. The molecule has 6 nitrogen and oxygen atoms in total. The number of nitrogens with one attached hydrogen (secondary N) is 1. The van der Waals surface area contributed by atoms with Crippen molar-refractivity contribution in [2.24, 2.45) is 0 Å². The lowest BCUT2D eigenvalue weighted by atomic mass is 10.1. The smallest absolute Gasteiger partial charge is 0.303 e. The molecular weight excluding hydrogens is 296 g/mol. The fourth-order valence-electron chi connectivity index (χ4n) is 2.76. The Hall–Kier alpha value is -2.37. The number of ether oxygens (including phenoxy) is 1. The molecule has 1 N–H and O–H groups in total. The average Bonchev–Trinajstić information content (AvgIpc) is 2.73. The fraction of sp³-hybridized carbons (Fsp3) is 0.471. The first-order valence-electron chi connectivity index (χ1n) is 7.61. The summed E-state index contributed by atoms with van der Waals surface area (Å²) in [6.07, 6.45) is 0.510. The number of hydrogen-bond donors (Lipinski definition) is 1. The van der Waals surface area contributed by atoms with E-state index in [-0.39, 0.29) is 11.9 Å². The molecular formula is C17H22N2O4. The topological polar surface area (TPSA) is 75.7 Å². The van der Waals surface area contributed by atoms with Crippen molar-refractivity contribution in [1.29, 1.82) is 0 Å². The molecule has 124 valence electrons. The van der Waals surface area contributed by atoms with Crippen LogP contribution in [0.1, 0.15) is 34.1 Å². The Labute approximate surface area is 135 Å². The van der Waals surface area contributed by atoms with Gasteiger partial charge in [-0.3, -0.25) is 14.4 Å². The first-order chi connectivity index (χ1) is 10.7. The van der Waals surface area contributed by atoms with Crippen LogP contribution in [0, 0.1) is 0 Å². The summed E-state index contributed by atoms with van der Waals surface area (Å²) in [5.74, 6) is -1.17. The normalized spacial score (nSPS) is 21.2. The van der Waals surface area contributed by atoms with E-state index in [0.717, 1.165) is 5.69 Å². The van der Waals surface area contributed by atoms with Gasteiger partial charge in [-0.05, 0) is 39.3 Å². The lowest BCUT2D eigenvalue weighted by molar-refractivity contribution is -0.163. The first kappa shape index (κ1) is 17.0. The van der Waals surface area contributed by atoms with Crippen LogP contribution in [0.3, 0.4) is 0 Å². The van der Waals surface area contributed by atoms with Crippen molar-refractivity contribution in [3.63, 3.8) is 0 Å². The predicted octanol–water partition coefficient (Wildman–Crippen LogP) is 1.64. The van der Waals surface area contributed by atoms with Crippen molar-refractivity contribution in [3.8, 4) is 0 Å². The number of para-hydroxylation sites is 1. The van der Waals surface area contributed by atoms with E-state index in [1.54, 1.807) is 4.90 Å². The van der Waals surface area contributed by atoms with Crippen molar-refractivity contribution >= 4 is 23.5 Å². The lowest BCUT2D eigenvalue weighted by Gasteiger charge is -2.25. The molecule has 1 fully saturated rings. The zero-order chi connectivity index (χ0) is 17.2. The maximum atomic E-state index is 12.6. The van der Waals surface area contributed by atoms with Crippen molar-refractivity contribution in [1.82, 2.24) is 5.32 Å². The van der Waals surface area contributed by atoms with Crippen LogP contribution in [-0.4, -0.2) is 35.5 Å². The summed E-state index contributed by atoms with van der Waals surface area (Å²) in [4.78, 5) is 37.7. The minimum absolute atomic E-state index is 0.0213. The van der Waals surface area contributed by atoms with Crippen LogP contribution in [0.15, 0.2) is 30.3 Å². The van der Waals surface area contributed by atoms with E-state index in [0.29, 0.717) is 6.42 Å². The second-order valence-electron chi connectivity index (χ2n) is 6.26. The number of benzene rings is 1. The van der Waals surface area contributed by atoms with E-state index in [1.807, 2.05) is 37.3 Å². The van der Waals surface area contributed by atoms with Gasteiger partial charge in [0.15, 0.2) is 5.60 Å². The van der Waals surface area contributed by atoms with Gasteiger partial charge in [-0.25, -0.2) is 0 Å². The number of anilines is 1. The third-order valence-corrected chi connectivity index (χ3v) is 3.84. The second-order valence-corrected chi connectivity index (χ2v) is 6.26. The SMILES string of the molecule is CC(=O)OC(C)(C)C(=O)NC1CC(C)N(c2ccccc2)C1=O. The Morgan fingerprint density at radius 1 is 1.26 bits per heavy atom. The Morgan fingerprint density at radius 3 is 2.43 bits per heavy atom. The maximum absolute atomic E-state index is 12.6. The standard InChI is InChI=1S/C17H22N2O4/c1-11-10-14(18-16(22)17(3,4)23-12(2)20)15(21)19(11)13-8-6-5-7-9-13/h5-9,11,14H,10H2,1-4H3,(H,18,22). The molecule has 0 aliphatic carbocycles. The Morgan fingerprint density at radius 2 is 1.87 bits per heavy atom. The minimum atomic E-state index is -1.31. The highest BCUT2D eigenvalue weighted by Crippen LogP contribution is 2.27. The summed E-state index contributed by atoms with van der Waals surface area (Å²) in [7, 11) is 0. The summed E-state index contributed by atoms with van der Waals surface area (Å²) in [5.41, 5.74) is -0.504. The van der Waals surface area contributed by atoms with Crippen LogP contribution in [0.2, 0.25) is 0 Å². The number of esters is 1. The Balaban J connectivity index is 2.10. The van der Waals surface area contributed by atoms with E-state index < -0.39 is 23.5 Å². The van der Waals surface area contributed by atoms with E-state index in [9.17, 15) is 14.4 Å². The van der Waals surface area contributed by atoms with Gasteiger partial charge < -0.3 is 15.0 Å². The van der Waals surface area contributed by atoms with Crippen LogP contribution in [0.4, 0.5) is 5.69 Å². The van der Waals surface area contributed by atoms with Crippen LogP contribution in [0.5, 0.6) is 0 Å². The Kier molecular flexibility index (Phi) is 4.73. The van der Waals surface area contributed by atoms with Crippen molar-refractivity contribution < 1.29 is 19.1 Å². The molecule has 1 aromatic carbocycles. The number of amides is 2. The highest BCUT2D eigenvalue weighted by Gasteiger charge is 2.41. The van der Waals surface area contributed by atoms with Gasteiger partial charge in [0, 0.05) is 18.7 Å². The van der Waals surface area contributed by atoms with E-state index in [1.165, 1.54) is 20.8 Å². The minimum Gasteiger partial charge on any atom is -0.450 e. The van der Waals surface area contributed by atoms with E-state index in [4.69, 9.17) is 4.74 Å². The average molecular weight is 318 g/mol. The second kappa shape index (κ2) is 6.40. The monoisotopic (exact) mass is 318 g/mol. The molecule has 0 saturated carbocycles. The summed E-state index contributed by atoms with van der Waals surface area (Å²) < 4.78 is 5.01. The van der Waals surface area contributed by atoms with Gasteiger partial charge in [0.1, 0.15) is 6.04 Å². The number of carbonyl (C=O) groups is 3. The third kappa shape index (κ3) is 3.70. The zero-order valence-corrected chi connectivity index (χ0v) is 13.8. The Bertz CT molecular complexity index is 612. The first-order valence-corrected chi connectivity index (χ1v) is 7.61. The summed E-state index contributed by atoms with van der Waals surface area (Å²) in [5, 5.41) is 2.70. The van der Waals surface area contributed by atoms with Crippen molar-refractivity contribution in [2.75, 3.05) is 4.90 Å². The number of hydrogen-bond acceptors (Lipinski definition) is 4. The van der Waals surface area contributed by atoms with Crippen LogP contribution in [0.25, 0.3) is 0 Å². The zero-order valence-electron chi connectivity index (χ0n) is 13.8. The van der Waals surface area contributed by atoms with Gasteiger partial charge in [0.2, 0.25) is 5.91 Å². The molecule has 1 heterocycles. The van der Waals surface area contributed by atoms with Gasteiger partial charge in [-0.15, -0.1) is 0 Å². The van der Waals surface area contributed by atoms with Crippen molar-refractivity contribution in [3.05, 3.63) is 30.3 Å². The molecule has 2 amide bonds. The lowest BCUT2D eigenvalue weighted by Crippen LogP contribution is -2.51. The fourth-order valence-corrected chi connectivity index (χ4v) is 2.76.